The van der Waals surface area contributed by atoms with E-state index in [1.54, 1.807) is 60.7 Å². The number of esters is 3. The highest BCUT2D eigenvalue weighted by Crippen LogP contribution is 2.27. The maximum atomic E-state index is 12.8. The van der Waals surface area contributed by atoms with Crippen LogP contribution in [0.2, 0.25) is 0 Å². The molecule has 6 heteroatoms. The van der Waals surface area contributed by atoms with Gasteiger partial charge in [-0.15, -0.1) is 0 Å². The van der Waals surface area contributed by atoms with Crippen LogP contribution in [0.25, 0.3) is 0 Å². The lowest BCUT2D eigenvalue weighted by Crippen LogP contribution is -2.39. The van der Waals surface area contributed by atoms with Crippen molar-refractivity contribution in [2.75, 3.05) is 19.8 Å². The minimum atomic E-state index is -0.921. The van der Waals surface area contributed by atoms with Crippen LogP contribution < -0.4 is 0 Å². The lowest BCUT2D eigenvalue weighted by molar-refractivity contribution is -0.0381. The molecule has 3 aromatic rings. The zero-order chi connectivity index (χ0) is 26.9. The molecule has 0 radical (unpaired) electrons. The molecule has 0 aliphatic carbocycles. The third-order valence-corrected chi connectivity index (χ3v) is 6.28. The molecule has 194 valence electrons. The van der Waals surface area contributed by atoms with Gasteiger partial charge in [-0.05, 0) is 53.8 Å². The fourth-order valence-electron chi connectivity index (χ4n) is 3.59. The molecule has 6 nitrogen and oxygen atoms in total. The summed E-state index contributed by atoms with van der Waals surface area (Å²) < 4.78 is 16.8. The zero-order valence-electron chi connectivity index (χ0n) is 21.9. The van der Waals surface area contributed by atoms with Gasteiger partial charge < -0.3 is 14.2 Å². The van der Waals surface area contributed by atoms with Crippen LogP contribution in [-0.2, 0) is 19.6 Å². The van der Waals surface area contributed by atoms with Crippen molar-refractivity contribution >= 4 is 17.9 Å². The molecule has 0 aliphatic rings. The van der Waals surface area contributed by atoms with Gasteiger partial charge in [0.25, 0.3) is 0 Å². The van der Waals surface area contributed by atoms with Crippen molar-refractivity contribution in [3.8, 4) is 0 Å². The monoisotopic (exact) mass is 502 g/mol. The fraction of sp³-hybridized carbons (Fsp3) is 0.323. The molecule has 0 saturated heterocycles. The third-order valence-electron chi connectivity index (χ3n) is 6.28. The summed E-state index contributed by atoms with van der Waals surface area (Å²) in [6.45, 7) is 7.91. The summed E-state index contributed by atoms with van der Waals surface area (Å²) in [5, 5.41) is 0. The van der Waals surface area contributed by atoms with E-state index in [0.29, 0.717) is 23.1 Å². The number of benzene rings is 3. The molecule has 0 N–H and O–H groups in total. The molecule has 0 aromatic heterocycles. The highest BCUT2D eigenvalue weighted by molar-refractivity contribution is 5.90. The molecule has 0 atom stereocenters. The zero-order valence-corrected chi connectivity index (χ0v) is 21.9. The van der Waals surface area contributed by atoms with Crippen molar-refractivity contribution in [2.24, 2.45) is 5.41 Å². The number of rotatable bonds is 10. The molecule has 0 heterocycles. The largest absolute Gasteiger partial charge is 0.461 e. The van der Waals surface area contributed by atoms with E-state index in [1.807, 2.05) is 31.2 Å². The van der Waals surface area contributed by atoms with Gasteiger partial charge in [0.15, 0.2) is 0 Å². The van der Waals surface area contributed by atoms with Crippen molar-refractivity contribution < 1.29 is 28.6 Å². The lowest BCUT2D eigenvalue weighted by Gasteiger charge is -2.31. The van der Waals surface area contributed by atoms with Crippen LogP contribution in [0.5, 0.6) is 0 Å². The first kappa shape index (κ1) is 27.7. The second-order valence-electron chi connectivity index (χ2n) is 10.1. The third kappa shape index (κ3) is 7.78. The van der Waals surface area contributed by atoms with Crippen LogP contribution in [0, 0.1) is 5.41 Å². The van der Waals surface area contributed by atoms with Crippen LogP contribution >= 0.6 is 0 Å². The molecule has 0 fully saturated rings. The summed E-state index contributed by atoms with van der Waals surface area (Å²) >= 11 is 0. The summed E-state index contributed by atoms with van der Waals surface area (Å²) in [6.07, 6.45) is 0.438. The maximum Gasteiger partial charge on any atom is 0.338 e. The maximum absolute atomic E-state index is 12.8. The van der Waals surface area contributed by atoms with E-state index in [1.165, 1.54) is 0 Å². The van der Waals surface area contributed by atoms with Gasteiger partial charge in [-0.2, -0.15) is 0 Å². The molecule has 0 amide bonds. The predicted octanol–water partition coefficient (Wildman–Crippen LogP) is 6.25. The Kier molecular flexibility index (Phi) is 9.23. The lowest BCUT2D eigenvalue weighted by atomic mass is 9.86. The van der Waals surface area contributed by atoms with E-state index >= 15 is 0 Å². The molecular weight excluding hydrogens is 468 g/mol. The first-order valence-corrected chi connectivity index (χ1v) is 12.4. The Morgan fingerprint density at radius 3 is 1.24 bits per heavy atom. The van der Waals surface area contributed by atoms with Gasteiger partial charge >= 0.3 is 17.9 Å². The Morgan fingerprint density at radius 2 is 0.919 bits per heavy atom. The Morgan fingerprint density at radius 1 is 0.568 bits per heavy atom. The van der Waals surface area contributed by atoms with Crippen molar-refractivity contribution in [1.29, 1.82) is 0 Å². The molecule has 0 aliphatic heterocycles. The van der Waals surface area contributed by atoms with E-state index in [-0.39, 0.29) is 25.2 Å². The van der Waals surface area contributed by atoms with Gasteiger partial charge in [0, 0.05) is 0 Å². The van der Waals surface area contributed by atoms with Gasteiger partial charge in [0.1, 0.15) is 19.8 Å². The average molecular weight is 503 g/mol. The Bertz CT molecular complexity index is 1120. The van der Waals surface area contributed by atoms with Crippen LogP contribution in [0.15, 0.2) is 84.9 Å². The van der Waals surface area contributed by atoms with Gasteiger partial charge in [-0.25, -0.2) is 14.4 Å². The van der Waals surface area contributed by atoms with Gasteiger partial charge in [0.2, 0.25) is 0 Å². The number of hydrogen-bond acceptors (Lipinski definition) is 6. The SMILES string of the molecule is CCC(COC(=O)c1ccccc1)(COC(=O)c1ccccc1)COC(=O)c1ccc(C(C)(C)C)cc1. The second-order valence-corrected chi connectivity index (χ2v) is 10.1. The predicted molar refractivity (Wildman–Crippen MR) is 142 cm³/mol. The minimum Gasteiger partial charge on any atom is -0.461 e. The molecule has 37 heavy (non-hydrogen) atoms. The van der Waals surface area contributed by atoms with Crippen LogP contribution in [-0.4, -0.2) is 37.7 Å². The molecular formula is C31H34O6. The van der Waals surface area contributed by atoms with Crippen molar-refractivity contribution in [3.63, 3.8) is 0 Å². The molecule has 0 spiro atoms. The van der Waals surface area contributed by atoms with E-state index in [9.17, 15) is 14.4 Å². The van der Waals surface area contributed by atoms with Gasteiger partial charge in [-0.3, -0.25) is 0 Å². The smallest absolute Gasteiger partial charge is 0.338 e. The molecule has 3 rings (SSSR count). The molecule has 0 bridgehead atoms. The number of carbonyl (C=O) groups is 3. The van der Waals surface area contributed by atoms with E-state index in [2.05, 4.69) is 20.8 Å². The van der Waals surface area contributed by atoms with Crippen molar-refractivity contribution in [1.82, 2.24) is 0 Å². The van der Waals surface area contributed by atoms with Crippen molar-refractivity contribution in [3.05, 3.63) is 107 Å². The summed E-state index contributed by atoms with van der Waals surface area (Å²) in [5.41, 5.74) is 1.38. The summed E-state index contributed by atoms with van der Waals surface area (Å²) in [5.74, 6) is -1.50. The van der Waals surface area contributed by atoms with E-state index in [4.69, 9.17) is 14.2 Å². The van der Waals surface area contributed by atoms with Crippen LogP contribution in [0.3, 0.4) is 0 Å². The second kappa shape index (κ2) is 12.3. The van der Waals surface area contributed by atoms with Crippen LogP contribution in [0.1, 0.15) is 70.8 Å². The average Bonchev–Trinajstić information content (AvgIpc) is 2.93. The highest BCUT2D eigenvalue weighted by atomic mass is 16.6. The normalized spacial score (nSPS) is 11.5. The summed E-state index contributed by atoms with van der Waals surface area (Å²) in [7, 11) is 0. The Balaban J connectivity index is 1.73. The first-order chi connectivity index (χ1) is 17.6. The minimum absolute atomic E-state index is 0.0366. The molecule has 3 aromatic carbocycles. The van der Waals surface area contributed by atoms with E-state index in [0.717, 1.165) is 5.56 Å². The first-order valence-electron chi connectivity index (χ1n) is 12.4. The highest BCUT2D eigenvalue weighted by Gasteiger charge is 2.35. The molecule has 0 unspecified atom stereocenters. The Hall–Kier alpha value is -3.93. The number of carbonyl (C=O) groups excluding carboxylic acids is 3. The standard InChI is InChI=1S/C31H34O6/c1-5-31(20-35-27(32)23-12-8-6-9-13-23,21-36-28(33)24-14-10-7-11-15-24)22-37-29(34)25-16-18-26(19-17-25)30(2,3)4/h6-19H,5,20-22H2,1-4H3. The number of ether oxygens (including phenoxy) is 3. The van der Waals surface area contributed by atoms with E-state index < -0.39 is 23.3 Å². The van der Waals surface area contributed by atoms with Gasteiger partial charge in [0.05, 0.1) is 22.1 Å². The Labute approximate surface area is 218 Å². The summed E-state index contributed by atoms with van der Waals surface area (Å²) in [6, 6.07) is 24.5. The topological polar surface area (TPSA) is 78.9 Å². The quantitative estimate of drug-likeness (QED) is 0.241. The summed E-state index contributed by atoms with van der Waals surface area (Å²) in [4.78, 5) is 38.1. The van der Waals surface area contributed by atoms with Crippen molar-refractivity contribution in [2.45, 2.75) is 39.5 Å². The van der Waals surface area contributed by atoms with Crippen LogP contribution in [0.4, 0.5) is 0 Å². The van der Waals surface area contributed by atoms with Gasteiger partial charge in [-0.1, -0.05) is 76.2 Å². The molecule has 0 saturated carbocycles. The fourth-order valence-corrected chi connectivity index (χ4v) is 3.59. The number of hydrogen-bond donors (Lipinski definition) is 0.